The van der Waals surface area contributed by atoms with Crippen molar-refractivity contribution in [2.45, 2.75) is 40.2 Å². The molecule has 1 aromatic heterocycles. The first-order valence-corrected chi connectivity index (χ1v) is 12.3. The lowest BCUT2D eigenvalue weighted by molar-refractivity contribution is -0.129. The van der Waals surface area contributed by atoms with Crippen LogP contribution in [0.15, 0.2) is 29.5 Å². The van der Waals surface area contributed by atoms with Crippen molar-refractivity contribution in [2.24, 2.45) is 0 Å². The van der Waals surface area contributed by atoms with E-state index in [0.29, 0.717) is 40.6 Å². The number of methoxy groups -OCH3 is 2. The molecular formula is C25H33N3O5S. The first-order valence-electron chi connectivity index (χ1n) is 11.4. The Kier molecular flexibility index (Phi) is 8.33. The molecule has 1 aliphatic rings. The summed E-state index contributed by atoms with van der Waals surface area (Å²) in [5.41, 5.74) is 1.26. The van der Waals surface area contributed by atoms with E-state index < -0.39 is 17.7 Å². The van der Waals surface area contributed by atoms with Crippen molar-refractivity contribution in [2.75, 3.05) is 40.4 Å². The summed E-state index contributed by atoms with van der Waals surface area (Å²) < 4.78 is 10.9. The molecule has 34 heavy (non-hydrogen) atoms. The summed E-state index contributed by atoms with van der Waals surface area (Å²) >= 11 is 1.26. The quantitative estimate of drug-likeness (QED) is 0.477. The summed E-state index contributed by atoms with van der Waals surface area (Å²) in [5.74, 6) is -0.384. The smallest absolute Gasteiger partial charge is 0.290 e. The Bertz CT molecular complexity index is 1090. The number of aromatic nitrogens is 1. The summed E-state index contributed by atoms with van der Waals surface area (Å²) in [4.78, 5) is 35.5. The Hall–Kier alpha value is -2.91. The molecule has 1 unspecified atom stereocenters. The van der Waals surface area contributed by atoms with Crippen LogP contribution in [-0.2, 0) is 4.79 Å². The second kappa shape index (κ2) is 11.0. The van der Waals surface area contributed by atoms with Gasteiger partial charge in [0.1, 0.15) is 11.5 Å². The van der Waals surface area contributed by atoms with Crippen LogP contribution in [0.2, 0.25) is 0 Å². The van der Waals surface area contributed by atoms with E-state index in [1.807, 2.05) is 6.92 Å². The van der Waals surface area contributed by atoms with E-state index in [0.717, 1.165) is 24.6 Å². The maximum atomic E-state index is 13.7. The molecule has 0 fully saturated rings. The number of hydrogen-bond acceptors (Lipinski definition) is 8. The third-order valence-corrected chi connectivity index (χ3v) is 7.23. The Morgan fingerprint density at radius 1 is 1.21 bits per heavy atom. The number of ether oxygens (including phenoxy) is 2. The average molecular weight is 488 g/mol. The first kappa shape index (κ1) is 25.7. The van der Waals surface area contributed by atoms with Gasteiger partial charge in [0.05, 0.1) is 41.4 Å². The number of carbonyl (C=O) groups excluding carboxylic acids is 2. The topological polar surface area (TPSA) is 92.2 Å². The Morgan fingerprint density at radius 2 is 1.91 bits per heavy atom. The van der Waals surface area contributed by atoms with Crippen molar-refractivity contribution < 1.29 is 24.2 Å². The molecule has 9 heteroatoms. The number of benzene rings is 1. The molecule has 0 spiro atoms. The van der Waals surface area contributed by atoms with Crippen LogP contribution in [0.3, 0.4) is 0 Å². The molecule has 2 aromatic rings. The molecule has 0 radical (unpaired) electrons. The van der Waals surface area contributed by atoms with Gasteiger partial charge in [0.2, 0.25) is 5.78 Å². The lowest BCUT2D eigenvalue weighted by Gasteiger charge is -2.29. The van der Waals surface area contributed by atoms with E-state index in [4.69, 9.17) is 9.47 Å². The predicted molar refractivity (Wildman–Crippen MR) is 132 cm³/mol. The molecule has 1 N–H and O–H groups in total. The fourth-order valence-electron chi connectivity index (χ4n) is 4.35. The first-order chi connectivity index (χ1) is 16.3. The number of thiazole rings is 1. The van der Waals surface area contributed by atoms with Gasteiger partial charge in [-0.2, -0.15) is 0 Å². The standard InChI is InChI=1S/C25H33N3O5S/c1-7-27(8-2)12-9-13-28-21(18-11-10-17(32-5)14-19(18)33-6)20(23(30)25(28)31)22(29)24-15(3)26-16(4)34-24/h10-11,14,21,30H,7-9,12-13H2,1-6H3. The molecule has 1 aromatic carbocycles. The summed E-state index contributed by atoms with van der Waals surface area (Å²) in [7, 11) is 3.09. The van der Waals surface area contributed by atoms with E-state index >= 15 is 0 Å². The van der Waals surface area contributed by atoms with Crippen LogP contribution in [0.1, 0.15) is 52.2 Å². The number of amides is 1. The molecule has 0 bridgehead atoms. The van der Waals surface area contributed by atoms with Crippen molar-refractivity contribution in [3.8, 4) is 11.5 Å². The highest BCUT2D eigenvalue weighted by Crippen LogP contribution is 2.44. The molecule has 1 aliphatic heterocycles. The fraction of sp³-hybridized carbons (Fsp3) is 0.480. The molecule has 2 heterocycles. The zero-order chi connectivity index (χ0) is 25.0. The normalized spacial score (nSPS) is 16.0. The Labute approximate surface area is 204 Å². The van der Waals surface area contributed by atoms with Gasteiger partial charge < -0.3 is 24.4 Å². The SMILES string of the molecule is CCN(CC)CCCN1C(=O)C(O)=C(C(=O)c2sc(C)nc2C)C1c1ccc(OC)cc1OC. The van der Waals surface area contributed by atoms with Gasteiger partial charge >= 0.3 is 0 Å². The van der Waals surface area contributed by atoms with E-state index in [-0.39, 0.29) is 11.4 Å². The van der Waals surface area contributed by atoms with Crippen LogP contribution in [0.4, 0.5) is 0 Å². The molecule has 8 nitrogen and oxygen atoms in total. The van der Waals surface area contributed by atoms with Gasteiger partial charge in [0.15, 0.2) is 5.76 Å². The van der Waals surface area contributed by atoms with Crippen molar-refractivity contribution >= 4 is 23.0 Å². The number of carbonyl (C=O) groups is 2. The summed E-state index contributed by atoms with van der Waals surface area (Å²) in [6, 6.07) is 4.48. The number of Topliss-reactive ketones (excluding diaryl/α,β-unsaturated/α-hetero) is 1. The van der Waals surface area contributed by atoms with Crippen molar-refractivity contribution in [3.05, 3.63) is 50.7 Å². The molecule has 3 rings (SSSR count). The van der Waals surface area contributed by atoms with E-state index in [1.165, 1.54) is 18.4 Å². The number of aliphatic hydroxyl groups excluding tert-OH is 1. The van der Waals surface area contributed by atoms with Crippen molar-refractivity contribution in [3.63, 3.8) is 0 Å². The lowest BCUT2D eigenvalue weighted by Crippen LogP contribution is -2.34. The molecule has 1 amide bonds. The zero-order valence-electron chi connectivity index (χ0n) is 20.7. The van der Waals surface area contributed by atoms with Crippen molar-refractivity contribution in [1.82, 2.24) is 14.8 Å². The minimum absolute atomic E-state index is 0.0584. The van der Waals surface area contributed by atoms with Gasteiger partial charge in [-0.3, -0.25) is 9.59 Å². The van der Waals surface area contributed by atoms with Crippen LogP contribution in [0, 0.1) is 13.8 Å². The highest BCUT2D eigenvalue weighted by molar-refractivity contribution is 7.14. The molecular weight excluding hydrogens is 454 g/mol. The third kappa shape index (κ3) is 4.95. The molecule has 0 saturated carbocycles. The van der Waals surface area contributed by atoms with Crippen LogP contribution in [-0.4, -0.2) is 72.0 Å². The second-order valence-corrected chi connectivity index (χ2v) is 9.33. The summed E-state index contributed by atoms with van der Waals surface area (Å²) in [6.07, 6.45) is 0.704. The van der Waals surface area contributed by atoms with E-state index in [2.05, 4.69) is 23.7 Å². The Balaban J connectivity index is 2.07. The van der Waals surface area contributed by atoms with Gasteiger partial charge in [0.25, 0.3) is 5.91 Å². The number of nitrogens with zero attached hydrogens (tertiary/aromatic N) is 3. The van der Waals surface area contributed by atoms with Crippen LogP contribution >= 0.6 is 11.3 Å². The van der Waals surface area contributed by atoms with Gasteiger partial charge in [-0.05, 0) is 52.0 Å². The van der Waals surface area contributed by atoms with E-state index in [9.17, 15) is 14.7 Å². The van der Waals surface area contributed by atoms with Gasteiger partial charge in [0, 0.05) is 18.2 Å². The number of aliphatic hydroxyl groups is 1. The predicted octanol–water partition coefficient (Wildman–Crippen LogP) is 4.09. The maximum Gasteiger partial charge on any atom is 0.290 e. The highest BCUT2D eigenvalue weighted by atomic mass is 32.1. The number of rotatable bonds is 11. The monoisotopic (exact) mass is 487 g/mol. The van der Waals surface area contributed by atoms with Crippen LogP contribution in [0.5, 0.6) is 11.5 Å². The summed E-state index contributed by atoms with van der Waals surface area (Å²) in [5, 5.41) is 11.7. The lowest BCUT2D eigenvalue weighted by atomic mass is 9.94. The number of hydrogen-bond donors (Lipinski definition) is 1. The molecule has 0 aliphatic carbocycles. The largest absolute Gasteiger partial charge is 0.503 e. The third-order valence-electron chi connectivity index (χ3n) is 6.16. The van der Waals surface area contributed by atoms with Crippen LogP contribution < -0.4 is 9.47 Å². The van der Waals surface area contributed by atoms with E-state index in [1.54, 1.807) is 37.1 Å². The highest BCUT2D eigenvalue weighted by Gasteiger charge is 2.45. The Morgan fingerprint density at radius 3 is 2.47 bits per heavy atom. The zero-order valence-corrected chi connectivity index (χ0v) is 21.5. The fourth-order valence-corrected chi connectivity index (χ4v) is 5.23. The van der Waals surface area contributed by atoms with Gasteiger partial charge in [-0.15, -0.1) is 11.3 Å². The minimum atomic E-state index is -0.778. The van der Waals surface area contributed by atoms with Crippen LogP contribution in [0.25, 0.3) is 0 Å². The summed E-state index contributed by atoms with van der Waals surface area (Å²) in [6.45, 7) is 10.8. The second-order valence-electron chi connectivity index (χ2n) is 8.13. The van der Waals surface area contributed by atoms with Gasteiger partial charge in [-0.1, -0.05) is 13.8 Å². The minimum Gasteiger partial charge on any atom is -0.503 e. The van der Waals surface area contributed by atoms with Crippen molar-refractivity contribution in [1.29, 1.82) is 0 Å². The average Bonchev–Trinajstić information content (AvgIpc) is 3.30. The van der Waals surface area contributed by atoms with Gasteiger partial charge in [-0.25, -0.2) is 4.98 Å². The molecule has 1 atom stereocenters. The number of aryl methyl sites for hydroxylation is 2. The molecule has 0 saturated heterocycles. The molecule has 184 valence electrons. The maximum absolute atomic E-state index is 13.7. The number of ketones is 1.